The van der Waals surface area contributed by atoms with Gasteiger partial charge in [-0.3, -0.25) is 0 Å². The minimum Gasteiger partial charge on any atom is -0.478 e. The zero-order valence-electron chi connectivity index (χ0n) is 8.55. The summed E-state index contributed by atoms with van der Waals surface area (Å²) in [5.74, 6) is -0.979. The lowest BCUT2D eigenvalue weighted by atomic mass is 10.0. The van der Waals surface area contributed by atoms with Crippen molar-refractivity contribution in [2.24, 2.45) is 0 Å². The van der Waals surface area contributed by atoms with E-state index in [0.717, 1.165) is 11.6 Å². The van der Waals surface area contributed by atoms with Gasteiger partial charge in [-0.25, -0.2) is 4.79 Å². The molecule has 1 aromatic rings. The molecule has 0 fully saturated rings. The van der Waals surface area contributed by atoms with Crippen LogP contribution in [0.2, 0.25) is 0 Å². The van der Waals surface area contributed by atoms with Crippen molar-refractivity contribution < 1.29 is 15.0 Å². The van der Waals surface area contributed by atoms with Crippen LogP contribution >= 0.6 is 0 Å². The Hall–Kier alpha value is -1.61. The first-order valence-electron chi connectivity index (χ1n) is 4.72. The summed E-state index contributed by atoms with van der Waals surface area (Å²) in [5, 5.41) is 18.3. The molecular weight excluding hydrogens is 192 g/mol. The lowest BCUT2D eigenvalue weighted by molar-refractivity contribution is -0.131. The van der Waals surface area contributed by atoms with Crippen LogP contribution in [0.3, 0.4) is 0 Å². The molecule has 0 aliphatic rings. The van der Waals surface area contributed by atoms with Crippen molar-refractivity contribution in [3.63, 3.8) is 0 Å². The largest absolute Gasteiger partial charge is 0.478 e. The first-order valence-corrected chi connectivity index (χ1v) is 4.72. The third kappa shape index (κ3) is 3.95. The predicted molar refractivity (Wildman–Crippen MR) is 57.4 cm³/mol. The van der Waals surface area contributed by atoms with Gasteiger partial charge in [-0.2, -0.15) is 0 Å². The second-order valence-electron chi connectivity index (χ2n) is 3.46. The number of aliphatic carboxylic acids is 1. The van der Waals surface area contributed by atoms with E-state index in [1.54, 1.807) is 6.92 Å². The van der Waals surface area contributed by atoms with Gasteiger partial charge in [-0.1, -0.05) is 35.9 Å². The average molecular weight is 206 g/mol. The lowest BCUT2D eigenvalue weighted by Crippen LogP contribution is -1.99. The van der Waals surface area contributed by atoms with E-state index in [9.17, 15) is 9.90 Å². The topological polar surface area (TPSA) is 57.5 Å². The van der Waals surface area contributed by atoms with Crippen LogP contribution in [0, 0.1) is 0 Å². The van der Waals surface area contributed by atoms with Crippen molar-refractivity contribution >= 4 is 5.97 Å². The zero-order chi connectivity index (χ0) is 11.3. The normalized spacial score (nSPS) is 13.6. The molecule has 1 aromatic carbocycles. The van der Waals surface area contributed by atoms with Crippen molar-refractivity contribution in [1.82, 2.24) is 0 Å². The maximum atomic E-state index is 10.4. The number of carbonyl (C=O) groups is 1. The van der Waals surface area contributed by atoms with E-state index < -0.39 is 12.1 Å². The van der Waals surface area contributed by atoms with Gasteiger partial charge in [0, 0.05) is 6.08 Å². The summed E-state index contributed by atoms with van der Waals surface area (Å²) < 4.78 is 0. The molecule has 0 saturated carbocycles. The van der Waals surface area contributed by atoms with Crippen LogP contribution < -0.4 is 0 Å². The van der Waals surface area contributed by atoms with E-state index >= 15 is 0 Å². The molecule has 0 heterocycles. The molecule has 1 rings (SSSR count). The lowest BCUT2D eigenvalue weighted by Gasteiger charge is -2.10. The van der Waals surface area contributed by atoms with Crippen LogP contribution in [-0.4, -0.2) is 16.2 Å². The fourth-order valence-corrected chi connectivity index (χ4v) is 1.37. The van der Waals surface area contributed by atoms with Gasteiger partial charge in [-0.05, 0) is 18.9 Å². The molecule has 0 aromatic heterocycles. The molecule has 0 amide bonds. The molecule has 3 heteroatoms. The summed E-state index contributed by atoms with van der Waals surface area (Å²) >= 11 is 0. The number of carboxylic acids is 1. The van der Waals surface area contributed by atoms with Crippen LogP contribution in [0.4, 0.5) is 0 Å². The number of hydrogen-bond donors (Lipinski definition) is 2. The van der Waals surface area contributed by atoms with Crippen LogP contribution in [0.25, 0.3) is 0 Å². The standard InChI is InChI=1S/C12H14O3/c1-9(8-12(14)15)7-11(13)10-5-3-2-4-6-10/h2-6,8,11,13H,7H2,1H3,(H,14,15)/b9-8-. The fraction of sp³-hybridized carbons (Fsp3) is 0.250. The molecule has 0 aliphatic carbocycles. The Labute approximate surface area is 88.7 Å². The molecule has 0 saturated heterocycles. The maximum Gasteiger partial charge on any atom is 0.328 e. The van der Waals surface area contributed by atoms with Crippen molar-refractivity contribution in [2.45, 2.75) is 19.4 Å². The second kappa shape index (κ2) is 5.32. The third-order valence-electron chi connectivity index (χ3n) is 2.07. The number of carboxylic acid groups (broad SMARTS) is 1. The molecule has 0 bridgehead atoms. The minimum absolute atomic E-state index is 0.344. The fourth-order valence-electron chi connectivity index (χ4n) is 1.37. The number of aliphatic hydroxyl groups is 1. The third-order valence-corrected chi connectivity index (χ3v) is 2.07. The van der Waals surface area contributed by atoms with E-state index in [0.29, 0.717) is 12.0 Å². The Kier molecular flexibility index (Phi) is 4.06. The number of hydrogen-bond acceptors (Lipinski definition) is 2. The molecule has 15 heavy (non-hydrogen) atoms. The Balaban J connectivity index is 2.64. The van der Waals surface area contributed by atoms with Crippen molar-refractivity contribution in [2.75, 3.05) is 0 Å². The predicted octanol–water partition coefficient (Wildman–Crippen LogP) is 2.14. The summed E-state index contributed by atoms with van der Waals surface area (Å²) in [7, 11) is 0. The zero-order valence-corrected chi connectivity index (χ0v) is 8.55. The number of aliphatic hydroxyl groups excluding tert-OH is 1. The van der Waals surface area contributed by atoms with Gasteiger partial charge in [0.25, 0.3) is 0 Å². The highest BCUT2D eigenvalue weighted by Gasteiger charge is 2.07. The molecule has 80 valence electrons. The summed E-state index contributed by atoms with van der Waals surface area (Å²) in [5.41, 5.74) is 1.45. The van der Waals surface area contributed by atoms with E-state index in [-0.39, 0.29) is 0 Å². The van der Waals surface area contributed by atoms with Gasteiger partial charge in [0.1, 0.15) is 0 Å². The number of rotatable bonds is 4. The highest BCUT2D eigenvalue weighted by Crippen LogP contribution is 2.19. The van der Waals surface area contributed by atoms with Crippen LogP contribution in [-0.2, 0) is 4.79 Å². The summed E-state index contributed by atoms with van der Waals surface area (Å²) in [6.45, 7) is 1.69. The highest BCUT2D eigenvalue weighted by molar-refractivity contribution is 5.80. The molecule has 2 N–H and O–H groups in total. The van der Waals surface area contributed by atoms with E-state index in [1.165, 1.54) is 0 Å². The molecule has 3 nitrogen and oxygen atoms in total. The molecule has 1 unspecified atom stereocenters. The average Bonchev–Trinajstić information content (AvgIpc) is 2.17. The smallest absolute Gasteiger partial charge is 0.328 e. The number of benzene rings is 1. The van der Waals surface area contributed by atoms with Gasteiger partial charge >= 0.3 is 5.97 Å². The minimum atomic E-state index is -0.979. The Morgan fingerprint density at radius 2 is 2.00 bits per heavy atom. The Morgan fingerprint density at radius 3 is 2.53 bits per heavy atom. The molecule has 0 radical (unpaired) electrons. The quantitative estimate of drug-likeness (QED) is 0.742. The highest BCUT2D eigenvalue weighted by atomic mass is 16.4. The summed E-state index contributed by atoms with van der Waals surface area (Å²) in [6.07, 6.45) is 0.824. The van der Waals surface area contributed by atoms with Crippen LogP contribution in [0.1, 0.15) is 25.0 Å². The molecule has 0 spiro atoms. The van der Waals surface area contributed by atoms with E-state index in [2.05, 4.69) is 0 Å². The van der Waals surface area contributed by atoms with Gasteiger partial charge < -0.3 is 10.2 Å². The first kappa shape index (κ1) is 11.5. The summed E-state index contributed by atoms with van der Waals surface area (Å²) in [6, 6.07) is 9.19. The molecule has 1 atom stereocenters. The first-order chi connectivity index (χ1) is 7.09. The Morgan fingerprint density at radius 1 is 1.40 bits per heavy atom. The molecule has 0 aliphatic heterocycles. The van der Waals surface area contributed by atoms with Gasteiger partial charge in [0.05, 0.1) is 6.10 Å². The monoisotopic (exact) mass is 206 g/mol. The van der Waals surface area contributed by atoms with Gasteiger partial charge in [-0.15, -0.1) is 0 Å². The van der Waals surface area contributed by atoms with Crippen molar-refractivity contribution in [3.05, 3.63) is 47.5 Å². The van der Waals surface area contributed by atoms with Crippen molar-refractivity contribution in [3.8, 4) is 0 Å². The van der Waals surface area contributed by atoms with Gasteiger partial charge in [0.2, 0.25) is 0 Å². The molecular formula is C12H14O3. The van der Waals surface area contributed by atoms with E-state index in [4.69, 9.17) is 5.11 Å². The van der Waals surface area contributed by atoms with E-state index in [1.807, 2.05) is 30.3 Å². The van der Waals surface area contributed by atoms with Crippen molar-refractivity contribution in [1.29, 1.82) is 0 Å². The Bertz CT molecular complexity index is 354. The van der Waals surface area contributed by atoms with Crippen LogP contribution in [0.15, 0.2) is 42.0 Å². The maximum absolute atomic E-state index is 10.4. The SMILES string of the molecule is C/C(=C/C(=O)O)CC(O)c1ccccc1. The summed E-state index contributed by atoms with van der Waals surface area (Å²) in [4.78, 5) is 10.4. The van der Waals surface area contributed by atoms with Crippen LogP contribution in [0.5, 0.6) is 0 Å². The van der Waals surface area contributed by atoms with Gasteiger partial charge in [0.15, 0.2) is 0 Å². The second-order valence-corrected chi connectivity index (χ2v) is 3.46.